The molecule has 0 amide bonds. The standard InChI is InChI=1S/C16H14/c1-2-4-7-14-8-5-9-15-11-10-13(6-3-1)12-16(14)15/h1-2,4-5,7-12H,3,6H2/b2-1+,7-4-. The Morgan fingerprint density at radius 2 is 1.94 bits per heavy atom. The first-order valence-electron chi connectivity index (χ1n) is 5.78. The van der Waals surface area contributed by atoms with E-state index in [0.717, 1.165) is 12.8 Å². The SMILES string of the molecule is C1=C\c2cccc3ccc(cc23)CC/C=C/1. The predicted molar refractivity (Wildman–Crippen MR) is 70.4 cm³/mol. The van der Waals surface area contributed by atoms with Crippen LogP contribution in [0.4, 0.5) is 0 Å². The van der Waals surface area contributed by atoms with Crippen molar-refractivity contribution in [2.24, 2.45) is 0 Å². The summed E-state index contributed by atoms with van der Waals surface area (Å²) in [5.74, 6) is 0. The highest BCUT2D eigenvalue weighted by molar-refractivity contribution is 5.91. The second-order valence-corrected chi connectivity index (χ2v) is 4.23. The molecule has 2 aromatic rings. The summed E-state index contributed by atoms with van der Waals surface area (Å²) in [4.78, 5) is 0. The Kier molecular flexibility index (Phi) is 2.34. The summed E-state index contributed by atoms with van der Waals surface area (Å²) in [7, 11) is 0. The molecule has 1 aliphatic carbocycles. The van der Waals surface area contributed by atoms with Crippen LogP contribution < -0.4 is 0 Å². The lowest BCUT2D eigenvalue weighted by molar-refractivity contribution is 1.00. The average Bonchev–Trinajstić information content (AvgIpc) is 2.34. The summed E-state index contributed by atoms with van der Waals surface area (Å²) in [6, 6.07) is 13.3. The maximum absolute atomic E-state index is 2.33. The van der Waals surface area contributed by atoms with Crippen LogP contribution in [0.25, 0.3) is 16.8 Å². The first kappa shape index (κ1) is 9.41. The van der Waals surface area contributed by atoms with Gasteiger partial charge in [0, 0.05) is 0 Å². The van der Waals surface area contributed by atoms with Crippen molar-refractivity contribution in [3.63, 3.8) is 0 Å². The molecular weight excluding hydrogens is 192 g/mol. The van der Waals surface area contributed by atoms with Crippen LogP contribution in [0.15, 0.2) is 54.6 Å². The lowest BCUT2D eigenvalue weighted by Crippen LogP contribution is -1.86. The Labute approximate surface area is 95.9 Å². The number of hydrogen-bond acceptors (Lipinski definition) is 0. The first-order chi connectivity index (χ1) is 7.93. The van der Waals surface area contributed by atoms with Gasteiger partial charge in [-0.3, -0.25) is 0 Å². The summed E-state index contributed by atoms with van der Waals surface area (Å²) in [6.07, 6.45) is 11.0. The number of aryl methyl sites for hydroxylation is 1. The van der Waals surface area contributed by atoms with Gasteiger partial charge in [0.05, 0.1) is 0 Å². The number of fused-ring (bicyclic) bond motifs is 1. The molecule has 0 nitrogen and oxygen atoms in total. The molecule has 0 heteroatoms. The molecule has 0 atom stereocenters. The van der Waals surface area contributed by atoms with Crippen LogP contribution in [0.2, 0.25) is 0 Å². The quantitative estimate of drug-likeness (QED) is 0.601. The minimum Gasteiger partial charge on any atom is -0.0842 e. The highest BCUT2D eigenvalue weighted by atomic mass is 14.0. The molecule has 1 aliphatic rings. The van der Waals surface area contributed by atoms with Gasteiger partial charge >= 0.3 is 0 Å². The molecule has 0 saturated heterocycles. The minimum absolute atomic E-state index is 1.12. The molecule has 3 rings (SSSR count). The van der Waals surface area contributed by atoms with Crippen LogP contribution in [-0.4, -0.2) is 0 Å². The van der Waals surface area contributed by atoms with E-state index in [-0.39, 0.29) is 0 Å². The Hall–Kier alpha value is -1.82. The molecule has 0 radical (unpaired) electrons. The van der Waals surface area contributed by atoms with Crippen LogP contribution in [-0.2, 0) is 6.42 Å². The largest absolute Gasteiger partial charge is 0.0842 e. The van der Waals surface area contributed by atoms with Crippen molar-refractivity contribution in [1.82, 2.24) is 0 Å². The zero-order chi connectivity index (χ0) is 10.8. The van der Waals surface area contributed by atoms with E-state index < -0.39 is 0 Å². The van der Waals surface area contributed by atoms with Gasteiger partial charge in [0.25, 0.3) is 0 Å². The molecule has 0 unspecified atom stereocenters. The molecule has 16 heavy (non-hydrogen) atoms. The van der Waals surface area contributed by atoms with Gasteiger partial charge in [-0.05, 0) is 34.7 Å². The van der Waals surface area contributed by atoms with Crippen LogP contribution in [0, 0.1) is 0 Å². The van der Waals surface area contributed by atoms with Gasteiger partial charge in [0.2, 0.25) is 0 Å². The van der Waals surface area contributed by atoms with Gasteiger partial charge in [0.15, 0.2) is 0 Å². The van der Waals surface area contributed by atoms with Gasteiger partial charge in [-0.2, -0.15) is 0 Å². The average molecular weight is 206 g/mol. The number of benzene rings is 2. The van der Waals surface area contributed by atoms with Crippen molar-refractivity contribution in [3.8, 4) is 0 Å². The smallest absolute Gasteiger partial charge is 0.0109 e. The van der Waals surface area contributed by atoms with Crippen molar-refractivity contribution in [1.29, 1.82) is 0 Å². The predicted octanol–water partition coefficient (Wildman–Crippen LogP) is 4.36. The van der Waals surface area contributed by atoms with Gasteiger partial charge in [-0.1, -0.05) is 60.7 Å². The normalized spacial score (nSPS) is 18.5. The zero-order valence-corrected chi connectivity index (χ0v) is 9.19. The Balaban J connectivity index is 2.31. The Bertz CT molecular complexity index is 574. The monoisotopic (exact) mass is 206 g/mol. The first-order valence-corrected chi connectivity index (χ1v) is 5.78. The molecule has 2 aromatic carbocycles. The molecule has 0 aliphatic heterocycles. The number of hydrogen-bond donors (Lipinski definition) is 0. The van der Waals surface area contributed by atoms with E-state index in [2.05, 4.69) is 60.7 Å². The van der Waals surface area contributed by atoms with Gasteiger partial charge in [-0.25, -0.2) is 0 Å². The number of rotatable bonds is 0. The number of allylic oxidation sites excluding steroid dienone is 3. The van der Waals surface area contributed by atoms with Crippen LogP contribution >= 0.6 is 0 Å². The molecule has 78 valence electrons. The highest BCUT2D eigenvalue weighted by Crippen LogP contribution is 2.23. The molecule has 0 heterocycles. The van der Waals surface area contributed by atoms with Crippen molar-refractivity contribution < 1.29 is 0 Å². The van der Waals surface area contributed by atoms with Gasteiger partial charge < -0.3 is 0 Å². The summed E-state index contributed by atoms with van der Waals surface area (Å²) in [5, 5.41) is 2.70. The molecule has 2 bridgehead atoms. The fraction of sp³-hybridized carbons (Fsp3) is 0.125. The molecule has 0 fully saturated rings. The fourth-order valence-corrected chi connectivity index (χ4v) is 2.23. The molecular formula is C16H14. The van der Waals surface area contributed by atoms with Crippen LogP contribution in [0.5, 0.6) is 0 Å². The third-order valence-corrected chi connectivity index (χ3v) is 3.10. The Morgan fingerprint density at radius 1 is 0.938 bits per heavy atom. The summed E-state index contributed by atoms with van der Waals surface area (Å²) < 4.78 is 0. The van der Waals surface area contributed by atoms with Gasteiger partial charge in [-0.15, -0.1) is 0 Å². The second-order valence-electron chi connectivity index (χ2n) is 4.23. The maximum atomic E-state index is 2.33. The second kappa shape index (κ2) is 3.97. The van der Waals surface area contributed by atoms with Gasteiger partial charge in [0.1, 0.15) is 0 Å². The summed E-state index contributed by atoms with van der Waals surface area (Å²) in [6.45, 7) is 0. The molecule has 0 N–H and O–H groups in total. The summed E-state index contributed by atoms with van der Waals surface area (Å²) in [5.41, 5.74) is 2.74. The molecule has 0 spiro atoms. The van der Waals surface area contributed by atoms with E-state index >= 15 is 0 Å². The van der Waals surface area contributed by atoms with Crippen molar-refractivity contribution in [2.45, 2.75) is 12.8 Å². The van der Waals surface area contributed by atoms with Crippen LogP contribution in [0.1, 0.15) is 17.5 Å². The van der Waals surface area contributed by atoms with E-state index in [0.29, 0.717) is 0 Å². The lowest BCUT2D eigenvalue weighted by Gasteiger charge is -2.06. The van der Waals surface area contributed by atoms with Crippen molar-refractivity contribution >= 4 is 16.8 Å². The third-order valence-electron chi connectivity index (χ3n) is 3.10. The van der Waals surface area contributed by atoms with E-state index in [1.54, 1.807) is 0 Å². The maximum Gasteiger partial charge on any atom is -0.0109 e. The minimum atomic E-state index is 1.12. The Morgan fingerprint density at radius 3 is 2.94 bits per heavy atom. The van der Waals surface area contributed by atoms with E-state index in [9.17, 15) is 0 Å². The van der Waals surface area contributed by atoms with Crippen molar-refractivity contribution in [2.75, 3.05) is 0 Å². The third kappa shape index (κ3) is 1.67. The van der Waals surface area contributed by atoms with E-state index in [1.807, 2.05) is 0 Å². The fourth-order valence-electron chi connectivity index (χ4n) is 2.23. The highest BCUT2D eigenvalue weighted by Gasteiger charge is 2.00. The van der Waals surface area contributed by atoms with E-state index in [4.69, 9.17) is 0 Å². The summed E-state index contributed by atoms with van der Waals surface area (Å²) >= 11 is 0. The van der Waals surface area contributed by atoms with Crippen molar-refractivity contribution in [3.05, 3.63) is 65.8 Å². The topological polar surface area (TPSA) is 0 Å². The molecule has 0 saturated carbocycles. The molecule has 0 aromatic heterocycles. The van der Waals surface area contributed by atoms with E-state index in [1.165, 1.54) is 21.9 Å². The van der Waals surface area contributed by atoms with Crippen LogP contribution in [0.3, 0.4) is 0 Å². The lowest BCUT2D eigenvalue weighted by atomic mass is 9.99. The zero-order valence-electron chi connectivity index (χ0n) is 9.19.